The highest BCUT2D eigenvalue weighted by atomic mass is 16.3. The van der Waals surface area contributed by atoms with Crippen molar-refractivity contribution in [3.05, 3.63) is 54.1 Å². The van der Waals surface area contributed by atoms with Gasteiger partial charge in [0.25, 0.3) is 0 Å². The maximum absolute atomic E-state index is 12.9. The van der Waals surface area contributed by atoms with Crippen LogP contribution in [0.4, 0.5) is 17.1 Å². The molecule has 0 saturated carbocycles. The Morgan fingerprint density at radius 1 is 1.07 bits per heavy atom. The van der Waals surface area contributed by atoms with E-state index in [2.05, 4.69) is 29.3 Å². The monoisotopic (exact) mass is 365 g/mol. The van der Waals surface area contributed by atoms with Crippen LogP contribution < -0.4 is 15.1 Å². The van der Waals surface area contributed by atoms with E-state index < -0.39 is 0 Å². The Morgan fingerprint density at radius 2 is 1.74 bits per heavy atom. The molecule has 5 heteroatoms. The van der Waals surface area contributed by atoms with Crippen LogP contribution in [0.1, 0.15) is 25.3 Å². The second-order valence-electron chi connectivity index (χ2n) is 7.53. The lowest BCUT2D eigenvalue weighted by atomic mass is 10.1. The normalized spacial score (nSPS) is 19.9. The van der Waals surface area contributed by atoms with Gasteiger partial charge in [0.15, 0.2) is 0 Å². The van der Waals surface area contributed by atoms with Crippen LogP contribution in [0.2, 0.25) is 0 Å². The van der Waals surface area contributed by atoms with Crippen LogP contribution in [0.25, 0.3) is 0 Å². The van der Waals surface area contributed by atoms with E-state index in [0.717, 1.165) is 49.4 Å². The molecular weight excluding hydrogens is 338 g/mol. The molecule has 27 heavy (non-hydrogen) atoms. The third kappa shape index (κ3) is 3.65. The van der Waals surface area contributed by atoms with Gasteiger partial charge in [-0.05, 0) is 49.9 Å². The highest BCUT2D eigenvalue weighted by Gasteiger charge is 2.30. The molecule has 1 amide bonds. The summed E-state index contributed by atoms with van der Waals surface area (Å²) >= 11 is 0. The van der Waals surface area contributed by atoms with Crippen LogP contribution in [0.3, 0.4) is 0 Å². The molecule has 2 N–H and O–H groups in total. The molecule has 0 aliphatic carbocycles. The van der Waals surface area contributed by atoms with E-state index in [-0.39, 0.29) is 24.6 Å². The van der Waals surface area contributed by atoms with Crippen molar-refractivity contribution in [3.8, 4) is 0 Å². The molecule has 0 radical (unpaired) electrons. The number of rotatable bonds is 4. The number of nitrogens with zero attached hydrogens (tertiary/aromatic N) is 2. The molecule has 2 aromatic rings. The van der Waals surface area contributed by atoms with Crippen LogP contribution in [0.5, 0.6) is 0 Å². The summed E-state index contributed by atoms with van der Waals surface area (Å²) in [4.78, 5) is 17.1. The van der Waals surface area contributed by atoms with E-state index in [1.807, 2.05) is 41.3 Å². The Balaban J connectivity index is 1.46. The van der Waals surface area contributed by atoms with Gasteiger partial charge in [0.2, 0.25) is 5.91 Å². The summed E-state index contributed by atoms with van der Waals surface area (Å²) in [5.41, 5.74) is 4.36. The zero-order valence-corrected chi connectivity index (χ0v) is 15.8. The van der Waals surface area contributed by atoms with E-state index in [1.165, 1.54) is 5.56 Å². The molecule has 5 nitrogen and oxygen atoms in total. The molecular formula is C22H27N3O2. The van der Waals surface area contributed by atoms with Gasteiger partial charge in [-0.3, -0.25) is 4.79 Å². The van der Waals surface area contributed by atoms with Crippen LogP contribution >= 0.6 is 0 Å². The molecule has 2 heterocycles. The molecule has 0 unspecified atom stereocenters. The lowest BCUT2D eigenvalue weighted by Gasteiger charge is -2.33. The Bertz CT molecular complexity index is 815. The minimum Gasteiger partial charge on any atom is -0.393 e. The Morgan fingerprint density at radius 3 is 2.52 bits per heavy atom. The van der Waals surface area contributed by atoms with E-state index in [1.54, 1.807) is 0 Å². The maximum atomic E-state index is 12.9. The quantitative estimate of drug-likeness (QED) is 0.874. The maximum Gasteiger partial charge on any atom is 0.246 e. The van der Waals surface area contributed by atoms with Gasteiger partial charge < -0.3 is 20.2 Å². The average molecular weight is 365 g/mol. The van der Waals surface area contributed by atoms with Gasteiger partial charge >= 0.3 is 0 Å². The summed E-state index contributed by atoms with van der Waals surface area (Å²) < 4.78 is 0. The van der Waals surface area contributed by atoms with E-state index in [9.17, 15) is 9.90 Å². The molecule has 1 atom stereocenters. The number of aliphatic hydroxyl groups is 1. The van der Waals surface area contributed by atoms with Gasteiger partial charge in [-0.15, -0.1) is 0 Å². The molecule has 2 aromatic carbocycles. The minimum absolute atomic E-state index is 0.0938. The molecule has 142 valence electrons. The fourth-order valence-electron chi connectivity index (χ4n) is 4.21. The fourth-order valence-corrected chi connectivity index (χ4v) is 4.21. The van der Waals surface area contributed by atoms with Crippen molar-refractivity contribution in [1.82, 2.24) is 0 Å². The van der Waals surface area contributed by atoms with Crippen LogP contribution in [-0.2, 0) is 11.2 Å². The first-order chi connectivity index (χ1) is 13.1. The number of carbonyl (C=O) groups is 1. The van der Waals surface area contributed by atoms with E-state index >= 15 is 0 Å². The number of amides is 1. The summed E-state index contributed by atoms with van der Waals surface area (Å²) in [6.45, 7) is 4.05. The highest BCUT2D eigenvalue weighted by Crippen LogP contribution is 2.32. The standard InChI is InChI=1S/C22H27N3O2/c1-16-14-17-6-2-4-8-20(17)25(16)22(27)15-23-19-7-3-5-9-21(19)24-12-10-18(26)11-13-24/h2-9,16,18,23,26H,10-15H2,1H3/t16-/m0/s1. The summed E-state index contributed by atoms with van der Waals surface area (Å²) in [6, 6.07) is 16.5. The zero-order chi connectivity index (χ0) is 18.8. The number of anilines is 3. The Hall–Kier alpha value is -2.53. The second-order valence-corrected chi connectivity index (χ2v) is 7.53. The average Bonchev–Trinajstić information content (AvgIpc) is 3.03. The van der Waals surface area contributed by atoms with Crippen molar-refractivity contribution in [2.75, 3.05) is 34.8 Å². The summed E-state index contributed by atoms with van der Waals surface area (Å²) in [7, 11) is 0. The van der Waals surface area contributed by atoms with Crippen LogP contribution in [0.15, 0.2) is 48.5 Å². The van der Waals surface area contributed by atoms with Crippen molar-refractivity contribution in [3.63, 3.8) is 0 Å². The highest BCUT2D eigenvalue weighted by molar-refractivity contribution is 5.99. The Kier molecular flexibility index (Phi) is 5.03. The summed E-state index contributed by atoms with van der Waals surface area (Å²) in [5, 5.41) is 13.1. The molecule has 1 fully saturated rings. The number of fused-ring (bicyclic) bond motifs is 1. The van der Waals surface area contributed by atoms with E-state index in [0.29, 0.717) is 0 Å². The minimum atomic E-state index is -0.195. The number of para-hydroxylation sites is 3. The molecule has 0 spiro atoms. The number of aliphatic hydroxyl groups excluding tert-OH is 1. The number of hydrogen-bond acceptors (Lipinski definition) is 4. The lowest BCUT2D eigenvalue weighted by molar-refractivity contribution is -0.117. The van der Waals surface area contributed by atoms with E-state index in [4.69, 9.17) is 0 Å². The number of carbonyl (C=O) groups excluding carboxylic acids is 1. The summed E-state index contributed by atoms with van der Waals surface area (Å²) in [5.74, 6) is 0.0938. The lowest BCUT2D eigenvalue weighted by Crippen LogP contribution is -2.40. The molecule has 2 aliphatic rings. The van der Waals surface area contributed by atoms with Gasteiger partial charge in [0.05, 0.1) is 24.0 Å². The third-order valence-corrected chi connectivity index (χ3v) is 5.62. The number of nitrogens with one attached hydrogen (secondary N) is 1. The topological polar surface area (TPSA) is 55.8 Å². The van der Waals surface area contributed by atoms with Gasteiger partial charge in [-0.2, -0.15) is 0 Å². The molecule has 1 saturated heterocycles. The summed E-state index contributed by atoms with van der Waals surface area (Å²) in [6.07, 6.45) is 2.29. The van der Waals surface area contributed by atoms with Crippen LogP contribution in [-0.4, -0.2) is 42.8 Å². The Labute approximate surface area is 160 Å². The molecule has 4 rings (SSSR count). The SMILES string of the molecule is C[C@H]1Cc2ccccc2N1C(=O)CNc1ccccc1N1CCC(O)CC1. The van der Waals surface area contributed by atoms with Crippen molar-refractivity contribution in [1.29, 1.82) is 0 Å². The van der Waals surface area contributed by atoms with Gasteiger partial charge in [-0.1, -0.05) is 30.3 Å². The van der Waals surface area contributed by atoms with Crippen molar-refractivity contribution in [2.24, 2.45) is 0 Å². The zero-order valence-electron chi connectivity index (χ0n) is 15.8. The smallest absolute Gasteiger partial charge is 0.246 e. The third-order valence-electron chi connectivity index (χ3n) is 5.62. The molecule has 2 aliphatic heterocycles. The predicted molar refractivity (Wildman–Crippen MR) is 109 cm³/mol. The number of benzene rings is 2. The fraction of sp³-hybridized carbons (Fsp3) is 0.409. The first kappa shape index (κ1) is 17.9. The van der Waals surface area contributed by atoms with Crippen molar-refractivity contribution < 1.29 is 9.90 Å². The largest absolute Gasteiger partial charge is 0.393 e. The van der Waals surface area contributed by atoms with Gasteiger partial charge in [0, 0.05) is 24.8 Å². The molecule has 0 aromatic heterocycles. The van der Waals surface area contributed by atoms with Gasteiger partial charge in [-0.25, -0.2) is 0 Å². The van der Waals surface area contributed by atoms with Crippen molar-refractivity contribution >= 4 is 23.0 Å². The second kappa shape index (κ2) is 7.61. The van der Waals surface area contributed by atoms with Crippen LogP contribution in [0, 0.1) is 0 Å². The first-order valence-electron chi connectivity index (χ1n) is 9.79. The first-order valence-corrected chi connectivity index (χ1v) is 9.79. The number of piperidine rings is 1. The van der Waals surface area contributed by atoms with Crippen molar-refractivity contribution in [2.45, 2.75) is 38.3 Å². The predicted octanol–water partition coefficient (Wildman–Crippen LogP) is 3.04. The number of hydrogen-bond donors (Lipinski definition) is 2. The molecule has 0 bridgehead atoms. The van der Waals surface area contributed by atoms with Gasteiger partial charge in [0.1, 0.15) is 0 Å².